The Morgan fingerprint density at radius 1 is 1.11 bits per heavy atom. The highest BCUT2D eigenvalue weighted by atomic mass is 15.2. The van der Waals surface area contributed by atoms with E-state index >= 15 is 0 Å². The van der Waals surface area contributed by atoms with Gasteiger partial charge in [0.05, 0.1) is 0 Å². The molecule has 0 radical (unpaired) electrons. The Labute approximate surface area is 110 Å². The van der Waals surface area contributed by atoms with Gasteiger partial charge in [-0.15, -0.1) is 0 Å². The second kappa shape index (κ2) is 4.56. The van der Waals surface area contributed by atoms with Crippen LogP contribution in [0.2, 0.25) is 0 Å². The van der Waals surface area contributed by atoms with E-state index in [1.54, 1.807) is 0 Å². The van der Waals surface area contributed by atoms with Crippen LogP contribution >= 0.6 is 0 Å². The van der Waals surface area contributed by atoms with Gasteiger partial charge in [0.25, 0.3) is 0 Å². The van der Waals surface area contributed by atoms with Crippen molar-refractivity contribution in [3.63, 3.8) is 0 Å². The molecule has 0 aromatic heterocycles. The Morgan fingerprint density at radius 3 is 2.39 bits per heavy atom. The Kier molecular flexibility index (Phi) is 3.04. The summed E-state index contributed by atoms with van der Waals surface area (Å²) in [6.45, 7) is 5.37. The lowest BCUT2D eigenvalue weighted by atomic mass is 9.93. The molecular weight excluding hydrogens is 222 g/mol. The van der Waals surface area contributed by atoms with Gasteiger partial charge in [-0.3, -0.25) is 0 Å². The van der Waals surface area contributed by atoms with Crippen molar-refractivity contribution in [3.05, 3.63) is 29.8 Å². The van der Waals surface area contributed by atoms with E-state index in [1.807, 2.05) is 0 Å². The minimum Gasteiger partial charge on any atom is -0.369 e. The molecule has 1 aliphatic heterocycles. The molecule has 2 aliphatic rings. The smallest absolute Gasteiger partial charge is 0.0405 e. The number of rotatable bonds is 3. The number of para-hydroxylation sites is 1. The summed E-state index contributed by atoms with van der Waals surface area (Å²) in [6, 6.07) is 8.87. The number of anilines is 1. The SMILES string of the molecule is CN1CCN(c2ccccc2C2(CN)CC2)CC1. The lowest BCUT2D eigenvalue weighted by Gasteiger charge is -2.36. The van der Waals surface area contributed by atoms with Crippen molar-refractivity contribution >= 4 is 5.69 Å². The molecule has 3 nitrogen and oxygen atoms in total. The van der Waals surface area contributed by atoms with Gasteiger partial charge in [-0.1, -0.05) is 18.2 Å². The number of nitrogens with zero attached hydrogens (tertiary/aromatic N) is 2. The molecule has 1 aliphatic carbocycles. The molecule has 98 valence electrons. The number of hydrogen-bond donors (Lipinski definition) is 1. The topological polar surface area (TPSA) is 32.5 Å². The van der Waals surface area contributed by atoms with Crippen molar-refractivity contribution in [1.82, 2.24) is 4.90 Å². The minimum absolute atomic E-state index is 0.292. The molecule has 18 heavy (non-hydrogen) atoms. The summed E-state index contributed by atoms with van der Waals surface area (Å²) < 4.78 is 0. The van der Waals surface area contributed by atoms with Crippen molar-refractivity contribution in [2.75, 3.05) is 44.7 Å². The van der Waals surface area contributed by atoms with Gasteiger partial charge < -0.3 is 15.5 Å². The second-order valence-electron chi connectivity index (χ2n) is 5.79. The average Bonchev–Trinajstić information content (AvgIpc) is 3.21. The van der Waals surface area contributed by atoms with E-state index in [9.17, 15) is 0 Å². The Morgan fingerprint density at radius 2 is 1.78 bits per heavy atom. The van der Waals surface area contributed by atoms with Crippen LogP contribution in [0.15, 0.2) is 24.3 Å². The summed E-state index contributed by atoms with van der Waals surface area (Å²) >= 11 is 0. The van der Waals surface area contributed by atoms with Crippen molar-refractivity contribution in [1.29, 1.82) is 0 Å². The maximum atomic E-state index is 5.99. The summed E-state index contributed by atoms with van der Waals surface area (Å²) in [5.41, 5.74) is 9.19. The van der Waals surface area contributed by atoms with Crippen LogP contribution in [0.1, 0.15) is 18.4 Å². The van der Waals surface area contributed by atoms with Crippen LogP contribution in [-0.2, 0) is 5.41 Å². The van der Waals surface area contributed by atoms with Gasteiger partial charge in [0.15, 0.2) is 0 Å². The molecule has 1 heterocycles. The molecule has 1 saturated heterocycles. The average molecular weight is 245 g/mol. The van der Waals surface area contributed by atoms with E-state index in [0.29, 0.717) is 5.41 Å². The minimum atomic E-state index is 0.292. The Balaban J connectivity index is 1.88. The van der Waals surface area contributed by atoms with Gasteiger partial charge in [-0.2, -0.15) is 0 Å². The van der Waals surface area contributed by atoms with Crippen molar-refractivity contribution in [3.8, 4) is 0 Å². The summed E-state index contributed by atoms with van der Waals surface area (Å²) in [5.74, 6) is 0. The fourth-order valence-electron chi connectivity index (χ4n) is 2.98. The molecule has 0 atom stereocenters. The van der Waals surface area contributed by atoms with E-state index in [1.165, 1.54) is 24.1 Å². The van der Waals surface area contributed by atoms with Gasteiger partial charge in [0.2, 0.25) is 0 Å². The number of likely N-dealkylation sites (N-methyl/N-ethyl adjacent to an activating group) is 1. The molecule has 1 aromatic rings. The quantitative estimate of drug-likeness (QED) is 0.874. The van der Waals surface area contributed by atoms with Crippen LogP contribution in [0, 0.1) is 0 Å². The fourth-order valence-corrected chi connectivity index (χ4v) is 2.98. The molecule has 1 aromatic carbocycles. The molecule has 3 rings (SSSR count). The monoisotopic (exact) mass is 245 g/mol. The van der Waals surface area contributed by atoms with E-state index in [2.05, 4.69) is 41.1 Å². The maximum absolute atomic E-state index is 5.99. The van der Waals surface area contributed by atoms with E-state index in [4.69, 9.17) is 5.73 Å². The zero-order valence-corrected chi connectivity index (χ0v) is 11.2. The van der Waals surface area contributed by atoms with Crippen molar-refractivity contribution in [2.24, 2.45) is 5.73 Å². The van der Waals surface area contributed by atoms with E-state index in [0.717, 1.165) is 32.7 Å². The highest BCUT2D eigenvalue weighted by Gasteiger charge is 2.44. The zero-order valence-electron chi connectivity index (χ0n) is 11.2. The van der Waals surface area contributed by atoms with Gasteiger partial charge in [-0.05, 0) is 31.5 Å². The molecule has 0 unspecified atom stereocenters. The summed E-state index contributed by atoms with van der Waals surface area (Å²) in [7, 11) is 2.20. The molecule has 1 saturated carbocycles. The van der Waals surface area contributed by atoms with Crippen molar-refractivity contribution in [2.45, 2.75) is 18.3 Å². The first-order chi connectivity index (χ1) is 8.75. The number of nitrogens with two attached hydrogens (primary N) is 1. The van der Waals surface area contributed by atoms with E-state index in [-0.39, 0.29) is 0 Å². The number of piperazine rings is 1. The molecule has 0 bridgehead atoms. The number of hydrogen-bond acceptors (Lipinski definition) is 3. The largest absolute Gasteiger partial charge is 0.369 e. The highest BCUT2D eigenvalue weighted by Crippen LogP contribution is 2.50. The Hall–Kier alpha value is -1.06. The van der Waals surface area contributed by atoms with Crippen LogP contribution in [0.25, 0.3) is 0 Å². The summed E-state index contributed by atoms with van der Waals surface area (Å²) in [4.78, 5) is 4.93. The Bertz CT molecular complexity index is 418. The van der Waals surface area contributed by atoms with Gasteiger partial charge >= 0.3 is 0 Å². The first-order valence-corrected chi connectivity index (χ1v) is 6.98. The third-order valence-electron chi connectivity index (χ3n) is 4.56. The van der Waals surface area contributed by atoms with Gasteiger partial charge in [-0.25, -0.2) is 0 Å². The van der Waals surface area contributed by atoms with Crippen molar-refractivity contribution < 1.29 is 0 Å². The van der Waals surface area contributed by atoms with E-state index < -0.39 is 0 Å². The predicted molar refractivity (Wildman–Crippen MR) is 76.1 cm³/mol. The highest BCUT2D eigenvalue weighted by molar-refractivity contribution is 5.59. The normalized spacial score (nSPS) is 23.1. The number of benzene rings is 1. The first kappa shape index (κ1) is 12.0. The molecule has 3 heteroatoms. The van der Waals surface area contributed by atoms with Gasteiger partial charge in [0, 0.05) is 43.8 Å². The van der Waals surface area contributed by atoms with Crippen LogP contribution < -0.4 is 10.6 Å². The second-order valence-corrected chi connectivity index (χ2v) is 5.79. The van der Waals surface area contributed by atoms with Crippen LogP contribution in [0.3, 0.4) is 0 Å². The standard InChI is InChI=1S/C15H23N3/c1-17-8-10-18(11-9-17)14-5-3-2-4-13(14)15(12-16)6-7-15/h2-5H,6-12,16H2,1H3. The third kappa shape index (κ3) is 2.02. The van der Waals surface area contributed by atoms with Crippen LogP contribution in [0.5, 0.6) is 0 Å². The molecule has 2 fully saturated rings. The van der Waals surface area contributed by atoms with Crippen LogP contribution in [0.4, 0.5) is 5.69 Å². The van der Waals surface area contributed by atoms with Crippen LogP contribution in [-0.4, -0.2) is 44.7 Å². The van der Waals surface area contributed by atoms with Gasteiger partial charge in [0.1, 0.15) is 0 Å². The lowest BCUT2D eigenvalue weighted by molar-refractivity contribution is 0.312. The summed E-state index contributed by atoms with van der Waals surface area (Å²) in [5, 5.41) is 0. The lowest BCUT2D eigenvalue weighted by Crippen LogP contribution is -2.45. The summed E-state index contributed by atoms with van der Waals surface area (Å²) in [6.07, 6.45) is 2.52. The third-order valence-corrected chi connectivity index (χ3v) is 4.56. The first-order valence-electron chi connectivity index (χ1n) is 6.98. The molecule has 0 spiro atoms. The maximum Gasteiger partial charge on any atom is 0.0405 e. The zero-order chi connectivity index (χ0) is 12.6. The fraction of sp³-hybridized carbons (Fsp3) is 0.600. The molecule has 0 amide bonds. The predicted octanol–water partition coefficient (Wildman–Crippen LogP) is 1.43. The molecular formula is C15H23N3. The molecule has 2 N–H and O–H groups in total.